The standard InChI is InChI=1S/C15H17N3O/c16-9-1-2-12-3-5-13(6-4-12)15(19)18-14-7-10-17-11-8-14/h3-8,10-11H,1-2,9,16H2,(H,17,18,19). The fourth-order valence-corrected chi connectivity index (χ4v) is 1.77. The highest BCUT2D eigenvalue weighted by molar-refractivity contribution is 6.04. The van der Waals surface area contributed by atoms with Crippen LogP contribution in [-0.4, -0.2) is 17.4 Å². The summed E-state index contributed by atoms with van der Waals surface area (Å²) in [5.74, 6) is -0.114. The van der Waals surface area contributed by atoms with Crippen molar-refractivity contribution in [2.24, 2.45) is 5.73 Å². The Hall–Kier alpha value is -2.20. The summed E-state index contributed by atoms with van der Waals surface area (Å²) >= 11 is 0. The third kappa shape index (κ3) is 3.89. The maximum absolute atomic E-state index is 12.0. The van der Waals surface area contributed by atoms with Crippen LogP contribution in [0.2, 0.25) is 0 Å². The lowest BCUT2D eigenvalue weighted by Crippen LogP contribution is -2.11. The zero-order valence-electron chi connectivity index (χ0n) is 10.7. The largest absolute Gasteiger partial charge is 0.330 e. The van der Waals surface area contributed by atoms with Crippen LogP contribution < -0.4 is 11.1 Å². The van der Waals surface area contributed by atoms with Crippen LogP contribution in [0.25, 0.3) is 0 Å². The van der Waals surface area contributed by atoms with Gasteiger partial charge in [-0.15, -0.1) is 0 Å². The van der Waals surface area contributed by atoms with E-state index >= 15 is 0 Å². The number of benzene rings is 1. The minimum Gasteiger partial charge on any atom is -0.330 e. The highest BCUT2D eigenvalue weighted by atomic mass is 16.1. The minimum absolute atomic E-state index is 0.114. The average Bonchev–Trinajstić information content (AvgIpc) is 2.46. The third-order valence-electron chi connectivity index (χ3n) is 2.82. The maximum Gasteiger partial charge on any atom is 0.255 e. The Kier molecular flexibility index (Phi) is 4.64. The Labute approximate surface area is 112 Å². The SMILES string of the molecule is NCCCc1ccc(C(=O)Nc2ccncc2)cc1. The van der Waals surface area contributed by atoms with Gasteiger partial charge in [-0.3, -0.25) is 9.78 Å². The van der Waals surface area contributed by atoms with Crippen molar-refractivity contribution >= 4 is 11.6 Å². The van der Waals surface area contributed by atoms with Crippen LogP contribution >= 0.6 is 0 Å². The van der Waals surface area contributed by atoms with Gasteiger partial charge in [0.2, 0.25) is 0 Å². The zero-order valence-corrected chi connectivity index (χ0v) is 10.7. The highest BCUT2D eigenvalue weighted by Crippen LogP contribution is 2.10. The molecular weight excluding hydrogens is 238 g/mol. The molecule has 0 aliphatic heterocycles. The second kappa shape index (κ2) is 6.66. The second-order valence-corrected chi connectivity index (χ2v) is 4.28. The number of nitrogens with one attached hydrogen (secondary N) is 1. The lowest BCUT2D eigenvalue weighted by molar-refractivity contribution is 0.102. The van der Waals surface area contributed by atoms with Gasteiger partial charge in [0.05, 0.1) is 0 Å². The molecule has 4 nitrogen and oxygen atoms in total. The smallest absolute Gasteiger partial charge is 0.255 e. The van der Waals surface area contributed by atoms with E-state index in [2.05, 4.69) is 10.3 Å². The highest BCUT2D eigenvalue weighted by Gasteiger charge is 2.05. The molecule has 98 valence electrons. The van der Waals surface area contributed by atoms with E-state index < -0.39 is 0 Å². The molecule has 19 heavy (non-hydrogen) atoms. The van der Waals surface area contributed by atoms with Crippen molar-refractivity contribution in [2.75, 3.05) is 11.9 Å². The van der Waals surface area contributed by atoms with Crippen molar-refractivity contribution in [1.82, 2.24) is 4.98 Å². The summed E-state index contributed by atoms with van der Waals surface area (Å²) < 4.78 is 0. The molecule has 1 aromatic heterocycles. The van der Waals surface area contributed by atoms with E-state index in [1.807, 2.05) is 24.3 Å². The van der Waals surface area contributed by atoms with E-state index in [9.17, 15) is 4.79 Å². The lowest BCUT2D eigenvalue weighted by atomic mass is 10.1. The van der Waals surface area contributed by atoms with Gasteiger partial charge in [0.1, 0.15) is 0 Å². The number of amides is 1. The molecule has 1 amide bonds. The first-order valence-corrected chi connectivity index (χ1v) is 6.30. The van der Waals surface area contributed by atoms with Crippen LogP contribution in [0, 0.1) is 0 Å². The summed E-state index contributed by atoms with van der Waals surface area (Å²) in [4.78, 5) is 15.9. The molecule has 1 aromatic carbocycles. The van der Waals surface area contributed by atoms with Gasteiger partial charge in [-0.05, 0) is 49.2 Å². The number of pyridine rings is 1. The molecule has 3 N–H and O–H groups in total. The Bertz CT molecular complexity index is 523. The molecule has 0 atom stereocenters. The summed E-state index contributed by atoms with van der Waals surface area (Å²) in [5, 5.41) is 2.82. The number of nitrogens with zero attached hydrogens (tertiary/aromatic N) is 1. The number of hydrogen-bond acceptors (Lipinski definition) is 3. The first kappa shape index (κ1) is 13.2. The Morgan fingerprint density at radius 2 is 1.79 bits per heavy atom. The van der Waals surface area contributed by atoms with Crippen molar-refractivity contribution in [3.63, 3.8) is 0 Å². The van der Waals surface area contributed by atoms with Crippen LogP contribution in [0.4, 0.5) is 5.69 Å². The quantitative estimate of drug-likeness (QED) is 0.860. The van der Waals surface area contributed by atoms with Crippen LogP contribution in [-0.2, 0) is 6.42 Å². The molecule has 0 spiro atoms. The van der Waals surface area contributed by atoms with Crippen molar-refractivity contribution < 1.29 is 4.79 Å². The molecule has 0 radical (unpaired) electrons. The summed E-state index contributed by atoms with van der Waals surface area (Å²) in [7, 11) is 0. The van der Waals surface area contributed by atoms with E-state index in [0.29, 0.717) is 12.1 Å². The van der Waals surface area contributed by atoms with Gasteiger partial charge in [0.15, 0.2) is 0 Å². The number of aromatic nitrogens is 1. The number of carbonyl (C=O) groups excluding carboxylic acids is 1. The number of aryl methyl sites for hydroxylation is 1. The molecule has 1 heterocycles. The topological polar surface area (TPSA) is 68.0 Å². The summed E-state index contributed by atoms with van der Waals surface area (Å²) in [6.45, 7) is 0.685. The third-order valence-corrected chi connectivity index (χ3v) is 2.82. The normalized spacial score (nSPS) is 10.2. The predicted octanol–water partition coefficient (Wildman–Crippen LogP) is 2.23. The summed E-state index contributed by atoms with van der Waals surface area (Å²) in [5.41, 5.74) is 8.06. The lowest BCUT2D eigenvalue weighted by Gasteiger charge is -2.06. The molecule has 0 saturated heterocycles. The number of anilines is 1. The Morgan fingerprint density at radius 1 is 1.11 bits per heavy atom. The second-order valence-electron chi connectivity index (χ2n) is 4.28. The molecule has 0 aliphatic rings. The summed E-state index contributed by atoms with van der Waals surface area (Å²) in [6.07, 6.45) is 5.20. The minimum atomic E-state index is -0.114. The van der Waals surface area contributed by atoms with E-state index in [0.717, 1.165) is 18.5 Å². The van der Waals surface area contributed by atoms with E-state index in [1.165, 1.54) is 5.56 Å². The van der Waals surface area contributed by atoms with Crippen LogP contribution in [0.5, 0.6) is 0 Å². The summed E-state index contributed by atoms with van der Waals surface area (Å²) in [6, 6.07) is 11.1. The Balaban J connectivity index is 1.99. The molecular formula is C15H17N3O. The van der Waals surface area contributed by atoms with Crippen molar-refractivity contribution in [3.05, 3.63) is 59.9 Å². The number of hydrogen-bond donors (Lipinski definition) is 2. The van der Waals surface area contributed by atoms with Crippen LogP contribution in [0.15, 0.2) is 48.8 Å². The van der Waals surface area contributed by atoms with Crippen LogP contribution in [0.3, 0.4) is 0 Å². The van der Waals surface area contributed by atoms with Gasteiger partial charge in [-0.2, -0.15) is 0 Å². The number of carbonyl (C=O) groups is 1. The van der Waals surface area contributed by atoms with E-state index in [-0.39, 0.29) is 5.91 Å². The van der Waals surface area contributed by atoms with Crippen molar-refractivity contribution in [2.45, 2.75) is 12.8 Å². The molecule has 2 aromatic rings. The fourth-order valence-electron chi connectivity index (χ4n) is 1.77. The first-order chi connectivity index (χ1) is 9.29. The van der Waals surface area contributed by atoms with Gasteiger partial charge in [-0.1, -0.05) is 12.1 Å². The fraction of sp³-hybridized carbons (Fsp3) is 0.200. The van der Waals surface area contributed by atoms with Gasteiger partial charge >= 0.3 is 0 Å². The molecule has 0 unspecified atom stereocenters. The van der Waals surface area contributed by atoms with E-state index in [1.54, 1.807) is 24.5 Å². The van der Waals surface area contributed by atoms with Crippen LogP contribution in [0.1, 0.15) is 22.3 Å². The zero-order chi connectivity index (χ0) is 13.5. The molecule has 0 bridgehead atoms. The molecule has 2 rings (SSSR count). The molecule has 0 fully saturated rings. The first-order valence-electron chi connectivity index (χ1n) is 6.30. The average molecular weight is 255 g/mol. The van der Waals surface area contributed by atoms with E-state index in [4.69, 9.17) is 5.73 Å². The maximum atomic E-state index is 12.0. The van der Waals surface area contributed by atoms with Crippen molar-refractivity contribution in [1.29, 1.82) is 0 Å². The van der Waals surface area contributed by atoms with Gasteiger partial charge < -0.3 is 11.1 Å². The predicted molar refractivity (Wildman–Crippen MR) is 76.0 cm³/mol. The van der Waals surface area contributed by atoms with Gasteiger partial charge in [-0.25, -0.2) is 0 Å². The van der Waals surface area contributed by atoms with Gasteiger partial charge in [0, 0.05) is 23.6 Å². The molecule has 4 heteroatoms. The Morgan fingerprint density at radius 3 is 2.42 bits per heavy atom. The molecule has 0 aliphatic carbocycles. The number of rotatable bonds is 5. The van der Waals surface area contributed by atoms with Gasteiger partial charge in [0.25, 0.3) is 5.91 Å². The monoisotopic (exact) mass is 255 g/mol. The van der Waals surface area contributed by atoms with Crippen molar-refractivity contribution in [3.8, 4) is 0 Å². The molecule has 0 saturated carbocycles. The number of nitrogens with two attached hydrogens (primary N) is 1.